The van der Waals surface area contributed by atoms with E-state index in [1.165, 1.54) is 5.57 Å². The summed E-state index contributed by atoms with van der Waals surface area (Å²) in [4.78, 5) is 11.7. The van der Waals surface area contributed by atoms with Gasteiger partial charge in [0.15, 0.2) is 0 Å². The summed E-state index contributed by atoms with van der Waals surface area (Å²) in [6.07, 6.45) is 0. The summed E-state index contributed by atoms with van der Waals surface area (Å²) in [6.45, 7) is 8.72. The highest BCUT2D eigenvalue weighted by Gasteiger charge is 2.17. The van der Waals surface area contributed by atoms with E-state index in [1.807, 2.05) is 20.8 Å². The van der Waals surface area contributed by atoms with Crippen LogP contribution in [0.3, 0.4) is 0 Å². The first kappa shape index (κ1) is 12.2. The second-order valence-electron chi connectivity index (χ2n) is 3.87. The van der Waals surface area contributed by atoms with Crippen LogP contribution in [-0.2, 0) is 9.53 Å². The summed E-state index contributed by atoms with van der Waals surface area (Å²) in [7, 11) is 0. The van der Waals surface area contributed by atoms with Crippen molar-refractivity contribution in [1.82, 2.24) is 10.6 Å². The molecule has 4 heteroatoms. The van der Waals surface area contributed by atoms with Crippen LogP contribution < -0.4 is 10.6 Å². The number of hydrogen-bond donors (Lipinski definition) is 2. The number of carbonyl (C=O) groups is 1. The maximum absolute atomic E-state index is 11.7. The molecule has 1 aliphatic heterocycles. The zero-order chi connectivity index (χ0) is 11.3. The molecule has 0 aromatic heterocycles. The maximum atomic E-state index is 11.7. The minimum absolute atomic E-state index is 0.0266. The first-order valence-corrected chi connectivity index (χ1v) is 5.43. The number of amides is 1. The predicted molar refractivity (Wildman–Crippen MR) is 59.7 cm³/mol. The molecule has 0 saturated carbocycles. The van der Waals surface area contributed by atoms with Gasteiger partial charge in [-0.25, -0.2) is 0 Å². The highest BCUT2D eigenvalue weighted by molar-refractivity contribution is 5.94. The van der Waals surface area contributed by atoms with Crippen molar-refractivity contribution in [3.63, 3.8) is 0 Å². The van der Waals surface area contributed by atoms with Crippen LogP contribution >= 0.6 is 0 Å². The lowest BCUT2D eigenvalue weighted by molar-refractivity contribution is -0.118. The fraction of sp³-hybridized carbons (Fsp3) is 0.727. The molecule has 1 fully saturated rings. The molecule has 1 atom stereocenters. The van der Waals surface area contributed by atoms with Gasteiger partial charge in [-0.2, -0.15) is 0 Å². The summed E-state index contributed by atoms with van der Waals surface area (Å²) >= 11 is 0. The Morgan fingerprint density at radius 2 is 2.27 bits per heavy atom. The van der Waals surface area contributed by atoms with Crippen molar-refractivity contribution in [2.45, 2.75) is 26.8 Å². The second kappa shape index (κ2) is 5.88. The summed E-state index contributed by atoms with van der Waals surface area (Å²) in [5, 5.41) is 6.04. The van der Waals surface area contributed by atoms with Crippen LogP contribution in [-0.4, -0.2) is 38.3 Å². The second-order valence-corrected chi connectivity index (χ2v) is 3.87. The zero-order valence-electron chi connectivity index (χ0n) is 9.72. The molecule has 4 nitrogen and oxygen atoms in total. The summed E-state index contributed by atoms with van der Waals surface area (Å²) < 4.78 is 5.23. The van der Waals surface area contributed by atoms with Crippen LogP contribution in [0, 0.1) is 0 Å². The van der Waals surface area contributed by atoms with Crippen LogP contribution in [0.25, 0.3) is 0 Å². The summed E-state index contributed by atoms with van der Waals surface area (Å²) in [6, 6.07) is 0.0704. The average Bonchev–Trinajstić information content (AvgIpc) is 2.11. The fourth-order valence-electron chi connectivity index (χ4n) is 1.34. The molecule has 0 radical (unpaired) electrons. The molecule has 1 aliphatic rings. The van der Waals surface area contributed by atoms with Crippen LogP contribution in [0.2, 0.25) is 0 Å². The van der Waals surface area contributed by atoms with E-state index in [0.29, 0.717) is 13.2 Å². The van der Waals surface area contributed by atoms with Crippen molar-refractivity contribution in [2.24, 2.45) is 0 Å². The van der Waals surface area contributed by atoms with Crippen LogP contribution in [0.4, 0.5) is 0 Å². The van der Waals surface area contributed by atoms with Crippen molar-refractivity contribution in [1.29, 1.82) is 0 Å². The minimum atomic E-state index is 0.0266. The topological polar surface area (TPSA) is 50.4 Å². The molecule has 0 aliphatic carbocycles. The third kappa shape index (κ3) is 3.64. The lowest BCUT2D eigenvalue weighted by atomic mass is 10.0. The zero-order valence-corrected chi connectivity index (χ0v) is 9.72. The molecule has 0 aromatic carbocycles. The quantitative estimate of drug-likeness (QED) is 0.650. The van der Waals surface area contributed by atoms with Gasteiger partial charge in [0.1, 0.15) is 0 Å². The number of nitrogens with one attached hydrogen (secondary N) is 2. The molecule has 15 heavy (non-hydrogen) atoms. The van der Waals surface area contributed by atoms with Gasteiger partial charge in [-0.15, -0.1) is 0 Å². The van der Waals surface area contributed by atoms with Gasteiger partial charge < -0.3 is 15.4 Å². The molecule has 1 unspecified atom stereocenters. The van der Waals surface area contributed by atoms with E-state index >= 15 is 0 Å². The normalized spacial score (nSPS) is 16.9. The Labute approximate surface area is 91.1 Å². The Kier molecular flexibility index (Phi) is 4.78. The van der Waals surface area contributed by atoms with Gasteiger partial charge in [0, 0.05) is 31.3 Å². The van der Waals surface area contributed by atoms with Gasteiger partial charge in [-0.05, 0) is 26.3 Å². The van der Waals surface area contributed by atoms with Crippen LogP contribution in [0.5, 0.6) is 0 Å². The summed E-state index contributed by atoms with van der Waals surface area (Å²) in [5.41, 5.74) is 2.05. The van der Waals surface area contributed by atoms with E-state index in [-0.39, 0.29) is 11.9 Å². The maximum Gasteiger partial charge on any atom is 0.247 e. The lowest BCUT2D eigenvalue weighted by Gasteiger charge is -2.22. The molecule has 1 amide bonds. The largest absolute Gasteiger partial charge is 0.380 e. The minimum Gasteiger partial charge on any atom is -0.380 e. The Bertz CT molecular complexity index is 255. The first-order valence-electron chi connectivity index (χ1n) is 5.43. The number of rotatable bonds is 5. The summed E-state index contributed by atoms with van der Waals surface area (Å²) in [5.74, 6) is 0.0266. The smallest absolute Gasteiger partial charge is 0.247 e. The monoisotopic (exact) mass is 212 g/mol. The van der Waals surface area contributed by atoms with Gasteiger partial charge in [0.05, 0.1) is 6.61 Å². The van der Waals surface area contributed by atoms with Gasteiger partial charge in [-0.3, -0.25) is 4.79 Å². The molecule has 0 aromatic rings. The highest BCUT2D eigenvalue weighted by atomic mass is 16.5. The van der Waals surface area contributed by atoms with E-state index in [9.17, 15) is 4.79 Å². The van der Waals surface area contributed by atoms with Crippen LogP contribution in [0.1, 0.15) is 20.8 Å². The van der Waals surface area contributed by atoms with Crippen molar-refractivity contribution in [3.05, 3.63) is 11.1 Å². The van der Waals surface area contributed by atoms with Gasteiger partial charge >= 0.3 is 0 Å². The molecular formula is C11H20N2O2. The third-order valence-electron chi connectivity index (χ3n) is 2.50. The van der Waals surface area contributed by atoms with Gasteiger partial charge in [-0.1, -0.05) is 0 Å². The van der Waals surface area contributed by atoms with Crippen molar-refractivity contribution in [2.75, 3.05) is 26.3 Å². The average molecular weight is 212 g/mol. The van der Waals surface area contributed by atoms with E-state index in [2.05, 4.69) is 10.6 Å². The highest BCUT2D eigenvalue weighted by Crippen LogP contribution is 2.08. The molecule has 1 saturated heterocycles. The lowest BCUT2D eigenvalue weighted by Crippen LogP contribution is -2.40. The van der Waals surface area contributed by atoms with Crippen molar-refractivity contribution >= 4 is 5.91 Å². The van der Waals surface area contributed by atoms with E-state index in [1.54, 1.807) is 0 Å². The van der Waals surface area contributed by atoms with Gasteiger partial charge in [0.25, 0.3) is 0 Å². The molecule has 0 spiro atoms. The molecule has 86 valence electrons. The SMILES string of the molecule is CCOCC(C)NC(=O)C(C)=C1CNC1. The molecule has 0 bridgehead atoms. The van der Waals surface area contributed by atoms with E-state index < -0.39 is 0 Å². The third-order valence-corrected chi connectivity index (χ3v) is 2.50. The van der Waals surface area contributed by atoms with Crippen LogP contribution in [0.15, 0.2) is 11.1 Å². The van der Waals surface area contributed by atoms with Crippen molar-refractivity contribution in [3.8, 4) is 0 Å². The predicted octanol–water partition coefficient (Wildman–Crippen LogP) is 0.447. The molecule has 1 rings (SSSR count). The number of hydrogen-bond acceptors (Lipinski definition) is 3. The Morgan fingerprint density at radius 1 is 1.60 bits per heavy atom. The van der Waals surface area contributed by atoms with E-state index in [0.717, 1.165) is 18.7 Å². The standard InChI is InChI=1S/C11H20N2O2/c1-4-15-7-8(2)13-11(14)9(3)10-5-12-6-10/h8,12H,4-7H2,1-3H3,(H,13,14). The molecular weight excluding hydrogens is 192 g/mol. The van der Waals surface area contributed by atoms with Gasteiger partial charge in [0.2, 0.25) is 5.91 Å². The molecule has 1 heterocycles. The molecule has 2 N–H and O–H groups in total. The number of ether oxygens (including phenoxy) is 1. The fourth-order valence-corrected chi connectivity index (χ4v) is 1.34. The Balaban J connectivity index is 2.34. The Hall–Kier alpha value is -0.870. The van der Waals surface area contributed by atoms with Crippen molar-refractivity contribution < 1.29 is 9.53 Å². The first-order chi connectivity index (χ1) is 7.15. The van der Waals surface area contributed by atoms with E-state index in [4.69, 9.17) is 4.74 Å². The Morgan fingerprint density at radius 3 is 2.73 bits per heavy atom. The number of carbonyl (C=O) groups excluding carboxylic acids is 1.